The number of carbonyl (C=O) groups excluding carboxylic acids is 3. The average molecular weight is 586 g/mol. The summed E-state index contributed by atoms with van der Waals surface area (Å²) in [6.45, 7) is 0. The van der Waals surface area contributed by atoms with Crippen molar-refractivity contribution in [2.24, 2.45) is 0 Å². The van der Waals surface area contributed by atoms with Crippen molar-refractivity contribution < 1.29 is 27.0 Å². The number of amides is 4. The molecular formula is C23H12Cl4N2O6S. The minimum absolute atomic E-state index is 0.0762. The molecule has 1 heterocycles. The smallest absolute Gasteiger partial charge is 0.339 e. The van der Waals surface area contributed by atoms with Crippen molar-refractivity contribution in [1.82, 2.24) is 5.32 Å². The van der Waals surface area contributed by atoms with E-state index < -0.39 is 33.5 Å². The quantitative estimate of drug-likeness (QED) is 0.232. The summed E-state index contributed by atoms with van der Waals surface area (Å²) in [5, 5.41) is 2.09. The third-order valence-corrected chi connectivity index (χ3v) is 7.19. The Labute approximate surface area is 225 Å². The highest BCUT2D eigenvalue weighted by Crippen LogP contribution is 2.37. The number of benzene rings is 3. The van der Waals surface area contributed by atoms with Gasteiger partial charge < -0.3 is 4.18 Å². The molecule has 13 heteroatoms. The van der Waals surface area contributed by atoms with Crippen molar-refractivity contribution in [3.05, 3.63) is 91.9 Å². The van der Waals surface area contributed by atoms with Crippen LogP contribution >= 0.6 is 46.4 Å². The Hall–Kier alpha value is -3.08. The van der Waals surface area contributed by atoms with Gasteiger partial charge in [-0.05, 0) is 60.2 Å². The van der Waals surface area contributed by atoms with Crippen molar-refractivity contribution in [3.63, 3.8) is 0 Å². The molecule has 4 rings (SSSR count). The maximum absolute atomic E-state index is 13.0. The van der Waals surface area contributed by atoms with Gasteiger partial charge in [0.15, 0.2) is 5.75 Å². The third kappa shape index (κ3) is 5.21. The molecule has 0 atom stereocenters. The van der Waals surface area contributed by atoms with Gasteiger partial charge in [-0.3, -0.25) is 14.9 Å². The lowest BCUT2D eigenvalue weighted by molar-refractivity contribution is -0.122. The lowest BCUT2D eigenvalue weighted by Gasteiger charge is -2.27. The summed E-state index contributed by atoms with van der Waals surface area (Å²) in [5.74, 6) is -2.25. The molecule has 3 aromatic rings. The van der Waals surface area contributed by atoms with Crippen molar-refractivity contribution >= 4 is 86.1 Å². The molecule has 0 radical (unpaired) electrons. The maximum Gasteiger partial charge on any atom is 0.339 e. The highest BCUT2D eigenvalue weighted by atomic mass is 35.5. The zero-order valence-corrected chi connectivity index (χ0v) is 21.5. The van der Waals surface area contributed by atoms with Gasteiger partial charge in [0.2, 0.25) is 0 Å². The van der Waals surface area contributed by atoms with Crippen LogP contribution in [0.25, 0.3) is 6.08 Å². The molecule has 0 unspecified atom stereocenters. The van der Waals surface area contributed by atoms with Crippen molar-refractivity contribution in [2.45, 2.75) is 4.90 Å². The summed E-state index contributed by atoms with van der Waals surface area (Å²) in [6.07, 6.45) is 1.14. The SMILES string of the molecule is O=C1NC(=O)N(c2ccccc2Cl)C(=O)/C1=C/c1cc(Cl)c(OS(=O)(=O)c2ccc(Cl)cc2)c(Cl)c1. The molecule has 8 nitrogen and oxygen atoms in total. The molecule has 0 aromatic heterocycles. The van der Waals surface area contributed by atoms with Gasteiger partial charge in [0.1, 0.15) is 10.5 Å². The van der Waals surface area contributed by atoms with Gasteiger partial charge >= 0.3 is 16.1 Å². The first-order valence-electron chi connectivity index (χ1n) is 9.83. The van der Waals surface area contributed by atoms with Crippen molar-refractivity contribution in [2.75, 3.05) is 4.90 Å². The van der Waals surface area contributed by atoms with Crippen LogP contribution in [0.5, 0.6) is 5.75 Å². The number of anilines is 1. The number of halogens is 4. The van der Waals surface area contributed by atoms with E-state index in [2.05, 4.69) is 5.32 Å². The van der Waals surface area contributed by atoms with Crippen LogP contribution in [0.1, 0.15) is 5.56 Å². The number of carbonyl (C=O) groups is 3. The van der Waals surface area contributed by atoms with Crippen LogP contribution in [-0.4, -0.2) is 26.3 Å². The van der Waals surface area contributed by atoms with E-state index in [0.29, 0.717) is 5.02 Å². The highest BCUT2D eigenvalue weighted by molar-refractivity contribution is 7.87. The Kier molecular flexibility index (Phi) is 7.31. The molecule has 0 bridgehead atoms. The zero-order chi connectivity index (χ0) is 26.2. The summed E-state index contributed by atoms with van der Waals surface area (Å²) in [5.41, 5.74) is -0.176. The molecule has 0 aliphatic carbocycles. The summed E-state index contributed by atoms with van der Waals surface area (Å²) in [6, 6.07) is 12.9. The molecule has 0 spiro atoms. The van der Waals surface area contributed by atoms with Crippen LogP contribution in [0.3, 0.4) is 0 Å². The van der Waals surface area contributed by atoms with E-state index in [1.165, 1.54) is 48.5 Å². The number of hydrogen-bond donors (Lipinski definition) is 1. The number of imide groups is 2. The van der Waals surface area contributed by atoms with Crippen LogP contribution in [0.15, 0.2) is 71.1 Å². The van der Waals surface area contributed by atoms with Crippen LogP contribution in [0.2, 0.25) is 20.1 Å². The summed E-state index contributed by atoms with van der Waals surface area (Å²) in [4.78, 5) is 38.4. The first-order valence-corrected chi connectivity index (χ1v) is 12.7. The van der Waals surface area contributed by atoms with E-state index in [1.54, 1.807) is 12.1 Å². The summed E-state index contributed by atoms with van der Waals surface area (Å²) in [7, 11) is -4.30. The Balaban J connectivity index is 1.68. The fraction of sp³-hybridized carbons (Fsp3) is 0. The van der Waals surface area contributed by atoms with Crippen molar-refractivity contribution in [1.29, 1.82) is 0 Å². The van der Waals surface area contributed by atoms with Gasteiger partial charge in [-0.2, -0.15) is 8.42 Å². The normalized spacial score (nSPS) is 15.3. The van der Waals surface area contributed by atoms with Gasteiger partial charge in [0.05, 0.1) is 20.8 Å². The monoisotopic (exact) mass is 584 g/mol. The largest absolute Gasteiger partial charge is 0.376 e. The van der Waals surface area contributed by atoms with E-state index in [4.69, 9.17) is 50.6 Å². The minimum atomic E-state index is -4.30. The number of nitrogens with one attached hydrogen (secondary N) is 1. The number of rotatable bonds is 5. The predicted molar refractivity (Wildman–Crippen MR) is 136 cm³/mol. The molecule has 1 fully saturated rings. The van der Waals surface area contributed by atoms with Crippen LogP contribution in [0.4, 0.5) is 10.5 Å². The Bertz CT molecular complexity index is 1530. The van der Waals surface area contributed by atoms with Crippen LogP contribution < -0.4 is 14.4 Å². The molecular weight excluding hydrogens is 574 g/mol. The number of barbiturate groups is 1. The fourth-order valence-corrected chi connectivity index (χ4v) is 5.16. The number of nitrogens with zero attached hydrogens (tertiary/aromatic N) is 1. The molecule has 36 heavy (non-hydrogen) atoms. The number of hydrogen-bond acceptors (Lipinski definition) is 6. The van der Waals surface area contributed by atoms with Gasteiger partial charge in [0, 0.05) is 5.02 Å². The number of urea groups is 1. The summed E-state index contributed by atoms with van der Waals surface area (Å²) < 4.78 is 30.3. The van der Waals surface area contributed by atoms with Crippen LogP contribution in [-0.2, 0) is 19.7 Å². The lowest BCUT2D eigenvalue weighted by Crippen LogP contribution is -2.54. The second kappa shape index (κ2) is 10.1. The standard InChI is InChI=1S/C23H12Cl4N2O6S/c24-13-5-7-14(8-6-13)36(33,34)35-20-17(26)10-12(11-18(20)27)9-15-21(30)28-23(32)29(22(15)31)19-4-2-1-3-16(19)25/h1-11H,(H,28,30,32)/b15-9+. The second-order valence-corrected chi connectivity index (χ2v) is 10.4. The van der Waals surface area contributed by atoms with E-state index in [0.717, 1.165) is 11.0 Å². The Morgan fingerprint density at radius 3 is 2.06 bits per heavy atom. The van der Waals surface area contributed by atoms with E-state index in [-0.39, 0.29) is 37.0 Å². The molecule has 0 saturated carbocycles. The van der Waals surface area contributed by atoms with E-state index in [1.807, 2.05) is 0 Å². The van der Waals surface area contributed by atoms with Gasteiger partial charge in [-0.25, -0.2) is 9.69 Å². The van der Waals surface area contributed by atoms with E-state index >= 15 is 0 Å². The van der Waals surface area contributed by atoms with Crippen molar-refractivity contribution in [3.8, 4) is 5.75 Å². The maximum atomic E-state index is 13.0. The van der Waals surface area contributed by atoms with Gasteiger partial charge in [-0.15, -0.1) is 0 Å². The van der Waals surface area contributed by atoms with E-state index in [9.17, 15) is 22.8 Å². The van der Waals surface area contributed by atoms with Crippen LogP contribution in [0, 0.1) is 0 Å². The van der Waals surface area contributed by atoms with Gasteiger partial charge in [0.25, 0.3) is 11.8 Å². The molecule has 4 amide bonds. The summed E-state index contributed by atoms with van der Waals surface area (Å²) >= 11 is 24.3. The first kappa shape index (κ1) is 26.0. The highest BCUT2D eigenvalue weighted by Gasteiger charge is 2.37. The third-order valence-electron chi connectivity index (χ3n) is 4.82. The molecule has 1 aliphatic rings. The topological polar surface area (TPSA) is 110 Å². The molecule has 1 N–H and O–H groups in total. The van der Waals surface area contributed by atoms with Gasteiger partial charge in [-0.1, -0.05) is 58.5 Å². The Morgan fingerprint density at radius 2 is 1.44 bits per heavy atom. The zero-order valence-electron chi connectivity index (χ0n) is 17.7. The Morgan fingerprint density at radius 1 is 0.833 bits per heavy atom. The molecule has 1 aliphatic heterocycles. The minimum Gasteiger partial charge on any atom is -0.376 e. The fourth-order valence-electron chi connectivity index (χ4n) is 3.18. The molecule has 3 aromatic carbocycles. The molecule has 1 saturated heterocycles. The molecule has 184 valence electrons. The lowest BCUT2D eigenvalue weighted by atomic mass is 10.1. The first-order chi connectivity index (χ1) is 17.0. The number of para-hydroxylation sites is 1. The average Bonchev–Trinajstić information content (AvgIpc) is 2.80. The second-order valence-electron chi connectivity index (χ2n) is 7.21. The predicted octanol–water partition coefficient (Wildman–Crippen LogP) is 5.73.